The minimum absolute atomic E-state index is 0.0683. The van der Waals surface area contributed by atoms with Crippen molar-refractivity contribution in [3.05, 3.63) is 77.4 Å². The Kier molecular flexibility index (Phi) is 15.3. The molecule has 0 spiro atoms. The smallest absolute Gasteiger partial charge is 0.254 e. The fourth-order valence-corrected chi connectivity index (χ4v) is 7.02. The summed E-state index contributed by atoms with van der Waals surface area (Å²) < 4.78 is 17.4. The Morgan fingerprint density at radius 2 is 1.48 bits per heavy atom. The van der Waals surface area contributed by atoms with Crippen molar-refractivity contribution in [1.29, 1.82) is 0 Å². The zero-order valence-corrected chi connectivity index (χ0v) is 34.0. The minimum atomic E-state index is -1.43. The van der Waals surface area contributed by atoms with Crippen molar-refractivity contribution in [2.75, 3.05) is 51.8 Å². The van der Waals surface area contributed by atoms with E-state index in [1.54, 1.807) is 62.4 Å². The Morgan fingerprint density at radius 1 is 0.776 bits per heavy atom. The van der Waals surface area contributed by atoms with Crippen molar-refractivity contribution in [2.24, 2.45) is 5.92 Å². The number of anilines is 1. The molecule has 5 N–H and O–H groups in total. The van der Waals surface area contributed by atoms with Gasteiger partial charge in [-0.25, -0.2) is 0 Å². The number of hydrogen-bond donors (Lipinski definition) is 5. The normalized spacial score (nSPS) is 19.7. The van der Waals surface area contributed by atoms with E-state index in [4.69, 9.17) is 14.2 Å². The second kappa shape index (κ2) is 20.5. The number of nitrogens with zero attached hydrogens (tertiary/aromatic N) is 2. The molecule has 3 aromatic carbocycles. The number of benzene rings is 3. The molecule has 15 nitrogen and oxygen atoms in total. The van der Waals surface area contributed by atoms with E-state index in [1.807, 2.05) is 12.1 Å². The first-order valence-corrected chi connectivity index (χ1v) is 19.9. The highest BCUT2D eigenvalue weighted by molar-refractivity contribution is 5.98. The SMILES string of the molecule is COc1ccc2cc1Oc1cccc(OC)c1CNC(=O)[C@@H](C(C)C)NC(=O)[C@H]([C@@H](C)O)NC(=O)CN(C(=O)c1ccc(N3CCCCC3)cc1)CCCCNC2=O. The lowest BCUT2D eigenvalue weighted by molar-refractivity contribution is -0.135. The summed E-state index contributed by atoms with van der Waals surface area (Å²) in [5.41, 5.74) is 2.22. The van der Waals surface area contributed by atoms with Crippen molar-refractivity contribution in [3.63, 3.8) is 0 Å². The lowest BCUT2D eigenvalue weighted by atomic mass is 10.0. The summed E-state index contributed by atoms with van der Waals surface area (Å²) in [6, 6.07) is 14.7. The highest BCUT2D eigenvalue weighted by atomic mass is 16.5. The third-order valence-electron chi connectivity index (χ3n) is 10.3. The van der Waals surface area contributed by atoms with Crippen molar-refractivity contribution in [2.45, 2.75) is 77.6 Å². The highest BCUT2D eigenvalue weighted by Gasteiger charge is 2.32. The lowest BCUT2D eigenvalue weighted by Crippen LogP contribution is -2.59. The van der Waals surface area contributed by atoms with Gasteiger partial charge in [0, 0.05) is 43.0 Å². The molecule has 58 heavy (non-hydrogen) atoms. The van der Waals surface area contributed by atoms with Crippen LogP contribution in [0.15, 0.2) is 60.7 Å². The average Bonchev–Trinajstić information content (AvgIpc) is 3.22. The van der Waals surface area contributed by atoms with Gasteiger partial charge in [0.25, 0.3) is 11.8 Å². The first-order valence-electron chi connectivity index (χ1n) is 19.9. The summed E-state index contributed by atoms with van der Waals surface area (Å²) >= 11 is 0. The summed E-state index contributed by atoms with van der Waals surface area (Å²) in [4.78, 5) is 71.9. The second-order valence-corrected chi connectivity index (χ2v) is 14.9. The maximum atomic E-state index is 13.9. The Labute approximate surface area is 339 Å². The molecule has 2 aliphatic rings. The monoisotopic (exact) mass is 800 g/mol. The summed E-state index contributed by atoms with van der Waals surface area (Å²) in [5, 5.41) is 21.7. The van der Waals surface area contributed by atoms with Gasteiger partial charge in [0.05, 0.1) is 39.0 Å². The second-order valence-electron chi connectivity index (χ2n) is 14.9. The van der Waals surface area contributed by atoms with Crippen molar-refractivity contribution in [3.8, 4) is 23.0 Å². The van der Waals surface area contributed by atoms with E-state index >= 15 is 0 Å². The van der Waals surface area contributed by atoms with Gasteiger partial charge in [0.1, 0.15) is 23.6 Å². The molecule has 15 heteroatoms. The number of carbonyl (C=O) groups excluding carboxylic acids is 5. The molecule has 3 aromatic rings. The number of methoxy groups -OCH3 is 2. The fraction of sp³-hybridized carbons (Fsp3) is 0.465. The summed E-state index contributed by atoms with van der Waals surface area (Å²) in [6.45, 7) is 6.74. The standard InChI is InChI=1S/C43H56N6O9/c1-27(2)38-41(53)45-25-32-33(56-4)12-11-13-34(32)58-36-24-30(16-19-35(36)57-5)40(52)44-20-7-10-23-49(26-37(51)46-39(28(3)50)42(54)47-38)43(55)29-14-17-31(18-15-29)48-21-8-6-9-22-48/h11-19,24,27-28,38-39,50H,6-10,20-23,25-26H2,1-5H3,(H,44,52)(H,45,53)(H,46,51)(H,47,54)/t28-,38-,39+/m1/s1. The number of hydrogen-bond acceptors (Lipinski definition) is 10. The molecule has 0 saturated carbocycles. The number of aliphatic hydroxyl groups excluding tert-OH is 1. The summed E-state index contributed by atoms with van der Waals surface area (Å²) in [5.74, 6) is -1.75. The van der Waals surface area contributed by atoms with Gasteiger partial charge in [-0.3, -0.25) is 24.0 Å². The maximum absolute atomic E-state index is 13.9. The van der Waals surface area contributed by atoms with Gasteiger partial charge in [-0.2, -0.15) is 0 Å². The largest absolute Gasteiger partial charge is 0.496 e. The van der Waals surface area contributed by atoms with Crippen LogP contribution in [0.3, 0.4) is 0 Å². The molecule has 0 radical (unpaired) electrons. The molecule has 0 unspecified atom stereocenters. The van der Waals surface area contributed by atoms with Gasteiger partial charge in [-0.15, -0.1) is 0 Å². The topological polar surface area (TPSA) is 188 Å². The Hall–Kier alpha value is -5.83. The molecule has 3 atom stereocenters. The lowest BCUT2D eigenvalue weighted by Gasteiger charge is -2.29. The molecule has 5 rings (SSSR count). The number of carbonyl (C=O) groups is 5. The van der Waals surface area contributed by atoms with Crippen molar-refractivity contribution >= 4 is 35.2 Å². The molecule has 1 saturated heterocycles. The zero-order valence-electron chi connectivity index (χ0n) is 34.0. The van der Waals surface area contributed by atoms with Crippen molar-refractivity contribution < 1.29 is 43.3 Å². The molecule has 5 amide bonds. The number of aliphatic hydroxyl groups is 1. The van der Waals surface area contributed by atoms with Crippen LogP contribution in [0.5, 0.6) is 23.0 Å². The average molecular weight is 801 g/mol. The van der Waals surface area contributed by atoms with E-state index in [-0.39, 0.29) is 37.2 Å². The Bertz CT molecular complexity index is 1910. The molecule has 2 heterocycles. The first kappa shape index (κ1) is 43.3. The van der Waals surface area contributed by atoms with Gasteiger partial charge in [-0.1, -0.05) is 19.9 Å². The Balaban J connectivity index is 1.43. The van der Waals surface area contributed by atoms with Gasteiger partial charge >= 0.3 is 0 Å². The van der Waals surface area contributed by atoms with E-state index in [0.717, 1.165) is 31.6 Å². The van der Waals surface area contributed by atoms with E-state index in [1.165, 1.54) is 32.5 Å². The van der Waals surface area contributed by atoms with Gasteiger partial charge in [-0.05, 0) is 99.5 Å². The van der Waals surface area contributed by atoms with Crippen LogP contribution in [0.2, 0.25) is 0 Å². The van der Waals surface area contributed by atoms with Crippen LogP contribution in [0.4, 0.5) is 5.69 Å². The Morgan fingerprint density at radius 3 is 2.16 bits per heavy atom. The number of amides is 5. The van der Waals surface area contributed by atoms with Gasteiger partial charge < -0.3 is 50.4 Å². The predicted molar refractivity (Wildman–Crippen MR) is 218 cm³/mol. The maximum Gasteiger partial charge on any atom is 0.254 e. The molecule has 1 fully saturated rings. The van der Waals surface area contributed by atoms with Crippen LogP contribution >= 0.6 is 0 Å². The van der Waals surface area contributed by atoms with Crippen LogP contribution in [0, 0.1) is 5.92 Å². The molecule has 0 aliphatic carbocycles. The molecule has 2 aliphatic heterocycles. The van der Waals surface area contributed by atoms with Crippen LogP contribution in [0.25, 0.3) is 0 Å². The zero-order chi connectivity index (χ0) is 41.8. The summed E-state index contributed by atoms with van der Waals surface area (Å²) in [6.07, 6.45) is 3.00. The number of piperidine rings is 1. The molecule has 2 bridgehead atoms. The number of nitrogens with one attached hydrogen (secondary N) is 4. The fourth-order valence-electron chi connectivity index (χ4n) is 7.02. The van der Waals surface area contributed by atoms with Crippen LogP contribution in [-0.4, -0.2) is 105 Å². The van der Waals surface area contributed by atoms with E-state index < -0.39 is 48.4 Å². The molecular weight excluding hydrogens is 745 g/mol. The molecule has 0 aromatic heterocycles. The number of fused-ring (bicyclic) bond motifs is 3. The first-order chi connectivity index (χ1) is 27.9. The van der Waals surface area contributed by atoms with E-state index in [0.29, 0.717) is 46.8 Å². The quantitative estimate of drug-likeness (QED) is 0.246. The third kappa shape index (κ3) is 11.2. The highest BCUT2D eigenvalue weighted by Crippen LogP contribution is 2.37. The van der Waals surface area contributed by atoms with Crippen molar-refractivity contribution in [1.82, 2.24) is 26.2 Å². The van der Waals surface area contributed by atoms with E-state index in [2.05, 4.69) is 26.2 Å². The number of rotatable bonds is 6. The summed E-state index contributed by atoms with van der Waals surface area (Å²) in [7, 11) is 2.97. The van der Waals surface area contributed by atoms with Gasteiger partial charge in [0.15, 0.2) is 11.5 Å². The van der Waals surface area contributed by atoms with Crippen LogP contribution in [0.1, 0.15) is 79.2 Å². The van der Waals surface area contributed by atoms with Crippen LogP contribution in [-0.2, 0) is 20.9 Å². The minimum Gasteiger partial charge on any atom is -0.496 e. The molecular formula is C43H56N6O9. The predicted octanol–water partition coefficient (Wildman–Crippen LogP) is 3.78. The van der Waals surface area contributed by atoms with Crippen LogP contribution < -0.4 is 40.4 Å². The van der Waals surface area contributed by atoms with Gasteiger partial charge in [0.2, 0.25) is 17.7 Å². The van der Waals surface area contributed by atoms with E-state index in [9.17, 15) is 29.1 Å². The number of ether oxygens (including phenoxy) is 3. The molecule has 312 valence electrons. The third-order valence-corrected chi connectivity index (χ3v) is 10.3.